The van der Waals surface area contributed by atoms with Gasteiger partial charge in [-0.1, -0.05) is 45.9 Å². The lowest BCUT2D eigenvalue weighted by molar-refractivity contribution is 0.494. The van der Waals surface area contributed by atoms with Crippen LogP contribution in [-0.4, -0.2) is 0 Å². The molecule has 0 bridgehead atoms. The van der Waals surface area contributed by atoms with Gasteiger partial charge in [-0.3, -0.25) is 0 Å². The number of nitrogens with two attached hydrogens (primary N) is 1. The van der Waals surface area contributed by atoms with Crippen LogP contribution in [0.2, 0.25) is 0 Å². The van der Waals surface area contributed by atoms with Crippen LogP contribution in [0.15, 0.2) is 24.3 Å². The van der Waals surface area contributed by atoms with Gasteiger partial charge in [0.1, 0.15) is 0 Å². The SMILES string of the molecule is CC.CC.CC(C)(C#N)Cc1ccccc1N. The molecular weight excluding hydrogens is 208 g/mol. The molecule has 0 unspecified atom stereocenters. The van der Waals surface area contributed by atoms with Gasteiger partial charge in [0.15, 0.2) is 0 Å². The predicted octanol–water partition coefficient (Wildman–Crippen LogP) is 4.41. The smallest absolute Gasteiger partial charge is 0.0687 e. The van der Waals surface area contributed by atoms with Crippen molar-refractivity contribution < 1.29 is 0 Å². The van der Waals surface area contributed by atoms with Crippen LogP contribution in [0.25, 0.3) is 0 Å². The minimum absolute atomic E-state index is 0.338. The number of benzene rings is 1. The second-order valence-electron chi connectivity index (χ2n) is 3.87. The standard InChI is InChI=1S/C11H14N2.2C2H6/c1-11(2,8-12)7-9-5-3-4-6-10(9)13;2*1-2/h3-6H,7,13H2,1-2H3;2*1-2H3. The summed E-state index contributed by atoms with van der Waals surface area (Å²) in [6.45, 7) is 11.8. The van der Waals surface area contributed by atoms with Gasteiger partial charge in [-0.25, -0.2) is 0 Å². The van der Waals surface area contributed by atoms with Gasteiger partial charge in [0.2, 0.25) is 0 Å². The van der Waals surface area contributed by atoms with Crippen molar-refractivity contribution in [1.82, 2.24) is 0 Å². The summed E-state index contributed by atoms with van der Waals surface area (Å²) in [4.78, 5) is 0. The maximum absolute atomic E-state index is 8.86. The van der Waals surface area contributed by atoms with E-state index in [1.165, 1.54) is 0 Å². The quantitative estimate of drug-likeness (QED) is 0.770. The van der Waals surface area contributed by atoms with Gasteiger partial charge >= 0.3 is 0 Å². The third-order valence-electron chi connectivity index (χ3n) is 1.99. The average molecular weight is 234 g/mol. The molecule has 1 aromatic carbocycles. The highest BCUT2D eigenvalue weighted by molar-refractivity contribution is 5.47. The molecular formula is C15H26N2. The fourth-order valence-corrected chi connectivity index (χ4v) is 1.21. The molecule has 17 heavy (non-hydrogen) atoms. The molecule has 2 heteroatoms. The summed E-state index contributed by atoms with van der Waals surface area (Å²) in [5.74, 6) is 0. The molecule has 1 rings (SSSR count). The average Bonchev–Trinajstić information content (AvgIpc) is 2.37. The normalized spacial score (nSPS) is 9.00. The van der Waals surface area contributed by atoms with E-state index in [9.17, 15) is 0 Å². The van der Waals surface area contributed by atoms with Crippen molar-refractivity contribution in [2.24, 2.45) is 5.41 Å². The highest BCUT2D eigenvalue weighted by Gasteiger charge is 2.18. The van der Waals surface area contributed by atoms with Gasteiger partial charge in [0.05, 0.1) is 11.5 Å². The molecule has 0 amide bonds. The van der Waals surface area contributed by atoms with Crippen LogP contribution in [0.4, 0.5) is 5.69 Å². The second kappa shape index (κ2) is 9.72. The Labute approximate surface area is 106 Å². The van der Waals surface area contributed by atoms with E-state index in [0.29, 0.717) is 6.42 Å². The van der Waals surface area contributed by atoms with Crippen molar-refractivity contribution in [1.29, 1.82) is 5.26 Å². The van der Waals surface area contributed by atoms with Crippen molar-refractivity contribution in [3.8, 4) is 6.07 Å². The van der Waals surface area contributed by atoms with E-state index in [-0.39, 0.29) is 5.41 Å². The van der Waals surface area contributed by atoms with Gasteiger partial charge in [0, 0.05) is 5.69 Å². The fourth-order valence-electron chi connectivity index (χ4n) is 1.21. The summed E-state index contributed by atoms with van der Waals surface area (Å²) < 4.78 is 0. The van der Waals surface area contributed by atoms with E-state index in [4.69, 9.17) is 11.0 Å². The van der Waals surface area contributed by atoms with E-state index in [1.807, 2.05) is 65.8 Å². The van der Waals surface area contributed by atoms with Crippen LogP contribution < -0.4 is 5.73 Å². The van der Waals surface area contributed by atoms with Crippen LogP contribution in [0, 0.1) is 16.7 Å². The number of hydrogen-bond donors (Lipinski definition) is 1. The lowest BCUT2D eigenvalue weighted by Crippen LogP contribution is -2.12. The topological polar surface area (TPSA) is 49.8 Å². The van der Waals surface area contributed by atoms with Gasteiger partial charge in [0.25, 0.3) is 0 Å². The van der Waals surface area contributed by atoms with Crippen molar-refractivity contribution in [2.45, 2.75) is 48.0 Å². The van der Waals surface area contributed by atoms with E-state index in [1.54, 1.807) is 0 Å². The van der Waals surface area contributed by atoms with Crippen LogP contribution in [0.5, 0.6) is 0 Å². The monoisotopic (exact) mass is 234 g/mol. The largest absolute Gasteiger partial charge is 0.399 e. The molecule has 0 aromatic heterocycles. The van der Waals surface area contributed by atoms with Crippen LogP contribution in [-0.2, 0) is 6.42 Å². The first-order chi connectivity index (χ1) is 8.05. The van der Waals surface area contributed by atoms with E-state index in [0.717, 1.165) is 11.3 Å². The molecule has 96 valence electrons. The van der Waals surface area contributed by atoms with Crippen molar-refractivity contribution in [3.63, 3.8) is 0 Å². The summed E-state index contributed by atoms with van der Waals surface area (Å²) in [6, 6.07) is 9.94. The number of rotatable bonds is 2. The first kappa shape index (κ1) is 17.9. The molecule has 0 saturated carbocycles. The van der Waals surface area contributed by atoms with E-state index in [2.05, 4.69) is 6.07 Å². The first-order valence-corrected chi connectivity index (χ1v) is 6.30. The summed E-state index contributed by atoms with van der Waals surface area (Å²) >= 11 is 0. The third-order valence-corrected chi connectivity index (χ3v) is 1.99. The zero-order valence-electron chi connectivity index (χ0n) is 12.0. The summed E-state index contributed by atoms with van der Waals surface area (Å²) in [6.07, 6.45) is 0.705. The van der Waals surface area contributed by atoms with Crippen LogP contribution >= 0.6 is 0 Å². The molecule has 0 spiro atoms. The Morgan fingerprint density at radius 1 is 1.12 bits per heavy atom. The van der Waals surface area contributed by atoms with Crippen molar-refractivity contribution >= 4 is 5.69 Å². The molecule has 1 aromatic rings. The first-order valence-electron chi connectivity index (χ1n) is 6.30. The Morgan fingerprint density at radius 2 is 1.59 bits per heavy atom. The van der Waals surface area contributed by atoms with Gasteiger partial charge in [-0.15, -0.1) is 0 Å². The summed E-state index contributed by atoms with van der Waals surface area (Å²) in [5.41, 5.74) is 7.25. The minimum atomic E-state index is -0.338. The van der Waals surface area contributed by atoms with Crippen LogP contribution in [0.1, 0.15) is 47.1 Å². The maximum atomic E-state index is 8.86. The maximum Gasteiger partial charge on any atom is 0.0687 e. The minimum Gasteiger partial charge on any atom is -0.399 e. The Bertz CT molecular complexity index is 335. The van der Waals surface area contributed by atoms with Crippen molar-refractivity contribution in [2.75, 3.05) is 5.73 Å². The number of nitrogen functional groups attached to an aromatic ring is 1. The lowest BCUT2D eigenvalue weighted by Gasteiger charge is -2.15. The molecule has 0 atom stereocenters. The molecule has 2 N–H and O–H groups in total. The Kier molecular flexibility index (Phi) is 10.2. The Hall–Kier alpha value is -1.49. The number of anilines is 1. The van der Waals surface area contributed by atoms with Gasteiger partial charge in [-0.2, -0.15) is 5.26 Å². The molecule has 0 radical (unpaired) electrons. The third kappa shape index (κ3) is 7.41. The number of nitrogens with zero attached hydrogens (tertiary/aromatic N) is 1. The number of para-hydroxylation sites is 1. The molecule has 0 saturated heterocycles. The Morgan fingerprint density at radius 3 is 2.00 bits per heavy atom. The summed E-state index contributed by atoms with van der Waals surface area (Å²) in [5, 5.41) is 8.86. The molecule has 0 heterocycles. The molecule has 0 fully saturated rings. The van der Waals surface area contributed by atoms with Gasteiger partial charge < -0.3 is 5.73 Å². The number of hydrogen-bond acceptors (Lipinski definition) is 2. The summed E-state index contributed by atoms with van der Waals surface area (Å²) in [7, 11) is 0. The fraction of sp³-hybridized carbons (Fsp3) is 0.533. The molecule has 0 aliphatic rings. The zero-order chi connectivity index (χ0) is 13.9. The predicted molar refractivity (Wildman–Crippen MR) is 76.6 cm³/mol. The molecule has 0 aliphatic heterocycles. The van der Waals surface area contributed by atoms with Gasteiger partial charge in [-0.05, 0) is 31.9 Å². The highest BCUT2D eigenvalue weighted by Crippen LogP contribution is 2.23. The lowest BCUT2D eigenvalue weighted by atomic mass is 9.87. The van der Waals surface area contributed by atoms with E-state index < -0.39 is 0 Å². The zero-order valence-corrected chi connectivity index (χ0v) is 12.0. The highest BCUT2D eigenvalue weighted by atomic mass is 14.6. The van der Waals surface area contributed by atoms with Crippen molar-refractivity contribution in [3.05, 3.63) is 29.8 Å². The van der Waals surface area contributed by atoms with Crippen LogP contribution in [0.3, 0.4) is 0 Å². The van der Waals surface area contributed by atoms with E-state index >= 15 is 0 Å². The Balaban J connectivity index is 0. The molecule has 0 aliphatic carbocycles. The number of nitriles is 1. The second-order valence-corrected chi connectivity index (χ2v) is 3.87. The molecule has 2 nitrogen and oxygen atoms in total.